The van der Waals surface area contributed by atoms with Gasteiger partial charge in [-0.2, -0.15) is 0 Å². The molecule has 2 aromatic rings. The van der Waals surface area contributed by atoms with Gasteiger partial charge < -0.3 is 9.84 Å². The zero-order valence-corrected chi connectivity index (χ0v) is 17.8. The van der Waals surface area contributed by atoms with Crippen LogP contribution >= 0.6 is 36.4 Å². The summed E-state index contributed by atoms with van der Waals surface area (Å²) in [5, 5.41) is 9.57. The summed E-state index contributed by atoms with van der Waals surface area (Å²) in [5.74, 6) is 0. The smallest absolute Gasteiger partial charge is 0.0698 e. The van der Waals surface area contributed by atoms with Crippen molar-refractivity contribution in [2.45, 2.75) is 6.04 Å². The van der Waals surface area contributed by atoms with Crippen LogP contribution in [0.1, 0.15) is 22.7 Å². The molecule has 7 heteroatoms. The lowest BCUT2D eigenvalue weighted by molar-refractivity contribution is 0.0522. The van der Waals surface area contributed by atoms with Crippen molar-refractivity contribution in [3.63, 3.8) is 0 Å². The highest BCUT2D eigenvalue weighted by Gasteiger charge is 2.26. The van der Waals surface area contributed by atoms with Gasteiger partial charge in [-0.15, -0.1) is 24.8 Å². The fraction of sp³-hybridized carbons (Fsp3) is 0.429. The Kier molecular flexibility index (Phi) is 9.15. The molecule has 2 aromatic carbocycles. The number of hydrogen-bond donors (Lipinski definition) is 1. The SMILES string of the molecule is Cl.Cl.[2H]C([2H])(OCCO)C([2H])([2H])N1CCN(C(c2ccccc2)c2ccc(Cl)cc2)CC1. The minimum atomic E-state index is -2.52. The van der Waals surface area contributed by atoms with Crippen molar-refractivity contribution in [2.24, 2.45) is 0 Å². The van der Waals surface area contributed by atoms with Crippen molar-refractivity contribution in [3.8, 4) is 0 Å². The van der Waals surface area contributed by atoms with Gasteiger partial charge in [-0.25, -0.2) is 0 Å². The highest BCUT2D eigenvalue weighted by molar-refractivity contribution is 6.30. The number of benzene rings is 2. The van der Waals surface area contributed by atoms with E-state index in [9.17, 15) is 0 Å². The first-order valence-corrected chi connectivity index (χ1v) is 9.18. The molecule has 0 saturated carbocycles. The van der Waals surface area contributed by atoms with Gasteiger partial charge in [-0.05, 0) is 23.3 Å². The Morgan fingerprint density at radius 2 is 1.57 bits per heavy atom. The summed E-state index contributed by atoms with van der Waals surface area (Å²) in [5.41, 5.74) is 2.24. The number of aliphatic hydroxyl groups excluding tert-OH is 1. The lowest BCUT2D eigenvalue weighted by Gasteiger charge is -2.39. The molecular weight excluding hydrogens is 419 g/mol. The van der Waals surface area contributed by atoms with Gasteiger partial charge in [0.15, 0.2) is 0 Å². The minimum Gasteiger partial charge on any atom is -0.394 e. The second-order valence-corrected chi connectivity index (χ2v) is 6.61. The summed E-state index contributed by atoms with van der Waals surface area (Å²) < 4.78 is 37.5. The predicted molar refractivity (Wildman–Crippen MR) is 120 cm³/mol. The second kappa shape index (κ2) is 13.4. The van der Waals surface area contributed by atoms with Crippen molar-refractivity contribution in [2.75, 3.05) is 52.4 Å². The van der Waals surface area contributed by atoms with E-state index in [-0.39, 0.29) is 44.1 Å². The highest BCUT2D eigenvalue weighted by Crippen LogP contribution is 2.30. The molecule has 1 unspecified atom stereocenters. The van der Waals surface area contributed by atoms with Gasteiger partial charge in [-0.1, -0.05) is 54.1 Å². The van der Waals surface area contributed by atoms with Crippen molar-refractivity contribution in [3.05, 3.63) is 70.7 Å². The molecule has 0 aromatic heterocycles. The van der Waals surface area contributed by atoms with Crippen LogP contribution in [0.2, 0.25) is 5.02 Å². The molecule has 0 bridgehead atoms. The standard InChI is InChI=1S/C21H27ClN2O2.2ClH/c22-20-8-6-19(7-9-20)21(18-4-2-1-3-5-18)24-12-10-23(11-13-24)14-16-26-17-15-25;;/h1-9,21,25H,10-17H2;2*1H/i14D2,16D2;;. The molecule has 0 aliphatic carbocycles. The number of rotatable bonds is 8. The number of aliphatic hydroxyl groups is 1. The van der Waals surface area contributed by atoms with Crippen LogP contribution < -0.4 is 0 Å². The summed E-state index contributed by atoms with van der Waals surface area (Å²) in [7, 11) is 0. The highest BCUT2D eigenvalue weighted by atomic mass is 35.5. The first-order valence-electron chi connectivity index (χ1n) is 10.8. The average Bonchev–Trinajstić information content (AvgIpc) is 2.75. The van der Waals surface area contributed by atoms with Gasteiger partial charge in [0.2, 0.25) is 0 Å². The Morgan fingerprint density at radius 1 is 0.964 bits per heavy atom. The van der Waals surface area contributed by atoms with Gasteiger partial charge in [0, 0.05) is 40.4 Å². The van der Waals surface area contributed by atoms with E-state index < -0.39 is 13.1 Å². The van der Waals surface area contributed by atoms with Gasteiger partial charge >= 0.3 is 0 Å². The van der Waals surface area contributed by atoms with Crippen LogP contribution in [-0.4, -0.2) is 67.4 Å². The van der Waals surface area contributed by atoms with Crippen LogP contribution in [0.5, 0.6) is 0 Å². The topological polar surface area (TPSA) is 35.9 Å². The van der Waals surface area contributed by atoms with E-state index >= 15 is 0 Å². The van der Waals surface area contributed by atoms with Crippen molar-refractivity contribution >= 4 is 36.4 Å². The van der Waals surface area contributed by atoms with E-state index in [0.717, 1.165) is 11.1 Å². The molecule has 0 spiro atoms. The van der Waals surface area contributed by atoms with Gasteiger partial charge in [-0.3, -0.25) is 9.80 Å². The summed E-state index contributed by atoms with van der Waals surface area (Å²) in [6.45, 7) is -3.60. The first-order chi connectivity index (χ1) is 14.3. The first kappa shape index (κ1) is 19.1. The Balaban J connectivity index is 0.00000256. The molecule has 3 rings (SSSR count). The third kappa shape index (κ3) is 7.20. The number of hydrogen-bond acceptors (Lipinski definition) is 4. The molecule has 1 atom stereocenters. The van der Waals surface area contributed by atoms with Crippen molar-refractivity contribution < 1.29 is 15.3 Å². The third-order valence-electron chi connectivity index (χ3n) is 4.45. The Labute approximate surface area is 190 Å². The third-order valence-corrected chi connectivity index (χ3v) is 4.70. The lowest BCUT2D eigenvalue weighted by Crippen LogP contribution is -2.48. The molecule has 1 aliphatic rings. The van der Waals surface area contributed by atoms with Crippen LogP contribution in [-0.2, 0) is 4.74 Å². The van der Waals surface area contributed by atoms with Crippen LogP contribution in [0.25, 0.3) is 0 Å². The fourth-order valence-electron chi connectivity index (χ4n) is 3.18. The maximum atomic E-state index is 8.89. The predicted octanol–water partition coefficient (Wildman–Crippen LogP) is 3.90. The average molecular weight is 452 g/mol. The molecular formula is C21H29Cl3N2O2. The van der Waals surface area contributed by atoms with E-state index in [1.165, 1.54) is 4.90 Å². The van der Waals surface area contributed by atoms with Gasteiger partial charge in [0.1, 0.15) is 0 Å². The molecule has 1 aliphatic heterocycles. The molecule has 4 nitrogen and oxygen atoms in total. The number of ether oxygens (including phenoxy) is 1. The largest absolute Gasteiger partial charge is 0.394 e. The van der Waals surface area contributed by atoms with E-state index in [1.807, 2.05) is 42.5 Å². The number of nitrogens with zero attached hydrogens (tertiary/aromatic N) is 2. The summed E-state index contributed by atoms with van der Waals surface area (Å²) in [4.78, 5) is 3.75. The molecule has 1 saturated heterocycles. The van der Waals surface area contributed by atoms with E-state index in [4.69, 9.17) is 26.9 Å². The van der Waals surface area contributed by atoms with Crippen molar-refractivity contribution in [1.82, 2.24) is 9.80 Å². The maximum Gasteiger partial charge on any atom is 0.0698 e. The van der Waals surface area contributed by atoms with Gasteiger partial charge in [0.25, 0.3) is 0 Å². The van der Waals surface area contributed by atoms with Crippen LogP contribution in [0, 0.1) is 0 Å². The summed E-state index contributed by atoms with van der Waals surface area (Å²) in [6.07, 6.45) is 0. The molecule has 0 amide bonds. The van der Waals surface area contributed by atoms with Crippen LogP contribution in [0.15, 0.2) is 54.6 Å². The normalized spacial score (nSPS) is 19.2. The quantitative estimate of drug-likeness (QED) is 0.660. The summed E-state index contributed by atoms with van der Waals surface area (Å²) >= 11 is 6.07. The Morgan fingerprint density at radius 3 is 2.18 bits per heavy atom. The Bertz CT molecular complexity index is 808. The van der Waals surface area contributed by atoms with Crippen molar-refractivity contribution in [1.29, 1.82) is 0 Å². The van der Waals surface area contributed by atoms with E-state index in [0.29, 0.717) is 31.2 Å². The zero-order valence-electron chi connectivity index (χ0n) is 19.5. The Hall–Kier alpha value is -0.850. The number of piperazine rings is 1. The van der Waals surface area contributed by atoms with Crippen LogP contribution in [0.4, 0.5) is 0 Å². The van der Waals surface area contributed by atoms with Crippen LogP contribution in [0.3, 0.4) is 0 Å². The second-order valence-electron chi connectivity index (χ2n) is 6.17. The number of halogens is 3. The minimum absolute atomic E-state index is 0. The molecule has 1 N–H and O–H groups in total. The molecule has 1 heterocycles. The van der Waals surface area contributed by atoms with E-state index in [2.05, 4.69) is 17.0 Å². The lowest BCUT2D eigenvalue weighted by atomic mass is 9.96. The molecule has 156 valence electrons. The summed E-state index contributed by atoms with van der Waals surface area (Å²) in [6, 6.07) is 17.9. The fourth-order valence-corrected chi connectivity index (χ4v) is 3.31. The zero-order chi connectivity index (χ0) is 21.8. The van der Waals surface area contributed by atoms with Gasteiger partial charge in [0.05, 0.1) is 28.6 Å². The molecule has 1 fully saturated rings. The maximum absolute atomic E-state index is 8.89. The van der Waals surface area contributed by atoms with E-state index in [1.54, 1.807) is 0 Å². The molecule has 28 heavy (non-hydrogen) atoms. The monoisotopic (exact) mass is 450 g/mol. The molecule has 0 radical (unpaired) electrons.